The molecule has 2 aromatic heterocycles. The molecule has 0 radical (unpaired) electrons. The molecule has 1 saturated heterocycles. The Kier molecular flexibility index (Phi) is 4.56. The van der Waals surface area contributed by atoms with Gasteiger partial charge in [-0.1, -0.05) is 19.3 Å². The molecular formula is C19H26N4O3. The maximum atomic E-state index is 12.6. The summed E-state index contributed by atoms with van der Waals surface area (Å²) in [5, 5.41) is 13.5. The van der Waals surface area contributed by atoms with E-state index in [2.05, 4.69) is 10.1 Å². The van der Waals surface area contributed by atoms with E-state index in [4.69, 9.17) is 0 Å². The Labute approximate surface area is 152 Å². The number of aromatic nitrogens is 3. The maximum absolute atomic E-state index is 12.6. The number of nitrogens with zero attached hydrogens (tertiary/aromatic N) is 3. The summed E-state index contributed by atoms with van der Waals surface area (Å²) < 4.78 is 1.42. The zero-order valence-electron chi connectivity index (χ0n) is 15.0. The summed E-state index contributed by atoms with van der Waals surface area (Å²) in [6.45, 7) is 1.32. The van der Waals surface area contributed by atoms with Crippen LogP contribution in [0.15, 0.2) is 23.1 Å². The molecule has 7 nitrogen and oxygen atoms in total. The van der Waals surface area contributed by atoms with Crippen LogP contribution in [0.4, 0.5) is 0 Å². The number of carbonyl (C=O) groups is 1. The molecule has 7 heteroatoms. The van der Waals surface area contributed by atoms with Crippen molar-refractivity contribution in [3.8, 4) is 0 Å². The monoisotopic (exact) mass is 358 g/mol. The Bertz CT molecular complexity index is 842. The molecule has 140 valence electrons. The van der Waals surface area contributed by atoms with Crippen molar-refractivity contribution in [2.45, 2.75) is 62.9 Å². The van der Waals surface area contributed by atoms with E-state index in [9.17, 15) is 14.7 Å². The van der Waals surface area contributed by atoms with Crippen LogP contribution in [0, 0.1) is 0 Å². The number of aromatic amines is 1. The molecule has 2 aliphatic rings. The Morgan fingerprint density at radius 2 is 2.00 bits per heavy atom. The predicted molar refractivity (Wildman–Crippen MR) is 97.0 cm³/mol. The second kappa shape index (κ2) is 6.87. The molecule has 4 rings (SSSR count). The van der Waals surface area contributed by atoms with Crippen molar-refractivity contribution < 1.29 is 9.90 Å². The van der Waals surface area contributed by atoms with Gasteiger partial charge in [-0.2, -0.15) is 0 Å². The quantitative estimate of drug-likeness (QED) is 0.875. The van der Waals surface area contributed by atoms with Crippen LogP contribution >= 0.6 is 0 Å². The van der Waals surface area contributed by atoms with Gasteiger partial charge in [0.1, 0.15) is 0 Å². The number of hydrogen-bond acceptors (Lipinski definition) is 4. The first-order valence-corrected chi connectivity index (χ1v) is 9.61. The first kappa shape index (κ1) is 17.3. The third-order valence-corrected chi connectivity index (χ3v) is 5.93. The van der Waals surface area contributed by atoms with Gasteiger partial charge in [-0.25, -0.2) is 9.50 Å². The number of rotatable bonds is 3. The molecule has 0 atom stereocenters. The fourth-order valence-electron chi connectivity index (χ4n) is 4.36. The largest absolute Gasteiger partial charge is 0.389 e. The minimum absolute atomic E-state index is 0.0574. The Hall–Kier alpha value is -2.15. The Balaban J connectivity index is 1.38. The first-order valence-electron chi connectivity index (χ1n) is 9.61. The van der Waals surface area contributed by atoms with Gasteiger partial charge in [0.05, 0.1) is 17.7 Å². The molecule has 1 aliphatic heterocycles. The van der Waals surface area contributed by atoms with Gasteiger partial charge < -0.3 is 10.0 Å². The van der Waals surface area contributed by atoms with Gasteiger partial charge in [0.2, 0.25) is 5.91 Å². The van der Waals surface area contributed by atoms with Gasteiger partial charge in [-0.05, 0) is 25.7 Å². The topological polar surface area (TPSA) is 90.7 Å². The van der Waals surface area contributed by atoms with Gasteiger partial charge >= 0.3 is 0 Å². The van der Waals surface area contributed by atoms with Crippen LogP contribution in [-0.2, 0) is 4.79 Å². The number of nitrogens with one attached hydrogen (secondary N) is 1. The third-order valence-electron chi connectivity index (χ3n) is 5.93. The van der Waals surface area contributed by atoms with Crippen LogP contribution in [-0.4, -0.2) is 49.2 Å². The molecule has 2 fully saturated rings. The summed E-state index contributed by atoms with van der Waals surface area (Å²) in [4.78, 5) is 31.2. The molecule has 1 aliphatic carbocycles. The summed E-state index contributed by atoms with van der Waals surface area (Å²) >= 11 is 0. The van der Waals surface area contributed by atoms with E-state index in [0.29, 0.717) is 18.7 Å². The highest BCUT2D eigenvalue weighted by Gasteiger charge is 2.34. The van der Waals surface area contributed by atoms with Crippen LogP contribution in [0.3, 0.4) is 0 Å². The molecule has 0 unspecified atom stereocenters. The number of likely N-dealkylation sites (tertiary alicyclic amines) is 1. The molecular weight excluding hydrogens is 332 g/mol. The van der Waals surface area contributed by atoms with Crippen LogP contribution < -0.4 is 5.56 Å². The molecule has 26 heavy (non-hydrogen) atoms. The second-order valence-electron chi connectivity index (χ2n) is 7.79. The Morgan fingerprint density at radius 1 is 1.27 bits per heavy atom. The average Bonchev–Trinajstić information content (AvgIpc) is 3.11. The molecule has 2 aromatic rings. The van der Waals surface area contributed by atoms with E-state index < -0.39 is 5.60 Å². The predicted octanol–water partition coefficient (Wildman–Crippen LogP) is 1.81. The lowest BCUT2D eigenvalue weighted by molar-refractivity contribution is -0.138. The van der Waals surface area contributed by atoms with Crippen molar-refractivity contribution in [1.29, 1.82) is 0 Å². The van der Waals surface area contributed by atoms with Crippen molar-refractivity contribution in [2.75, 3.05) is 13.1 Å². The molecule has 0 aromatic carbocycles. The fraction of sp³-hybridized carbons (Fsp3) is 0.632. The summed E-state index contributed by atoms with van der Waals surface area (Å²) in [6.07, 6.45) is 8.19. The van der Waals surface area contributed by atoms with E-state index in [-0.39, 0.29) is 23.8 Å². The summed E-state index contributed by atoms with van der Waals surface area (Å²) in [5.41, 5.74) is 0.535. The van der Waals surface area contributed by atoms with E-state index in [1.54, 1.807) is 18.3 Å². The van der Waals surface area contributed by atoms with Crippen molar-refractivity contribution >= 4 is 11.6 Å². The standard InChI is InChI=1S/C19H26N4O3/c24-17-12-15(21-16-4-9-20-23(16)17)14-5-10-22(11-6-14)18(25)13-19(26)7-2-1-3-8-19/h4,9,12,14,20,26H,1-3,5-8,10-11,13H2. The van der Waals surface area contributed by atoms with Crippen LogP contribution in [0.2, 0.25) is 0 Å². The summed E-state index contributed by atoms with van der Waals surface area (Å²) in [6, 6.07) is 3.38. The highest BCUT2D eigenvalue weighted by molar-refractivity contribution is 5.77. The van der Waals surface area contributed by atoms with Crippen LogP contribution in [0.25, 0.3) is 5.65 Å². The molecule has 0 spiro atoms. The van der Waals surface area contributed by atoms with Gasteiger partial charge in [-0.15, -0.1) is 0 Å². The number of amides is 1. The van der Waals surface area contributed by atoms with E-state index >= 15 is 0 Å². The van der Waals surface area contributed by atoms with Gasteiger partial charge in [0, 0.05) is 37.3 Å². The highest BCUT2D eigenvalue weighted by Crippen LogP contribution is 2.32. The smallest absolute Gasteiger partial charge is 0.272 e. The number of H-pyrrole nitrogens is 1. The van der Waals surface area contributed by atoms with E-state index in [0.717, 1.165) is 50.6 Å². The van der Waals surface area contributed by atoms with Gasteiger partial charge in [0.15, 0.2) is 5.65 Å². The number of fused-ring (bicyclic) bond motifs is 1. The fourth-order valence-corrected chi connectivity index (χ4v) is 4.36. The lowest BCUT2D eigenvalue weighted by atomic mass is 9.82. The lowest BCUT2D eigenvalue weighted by Gasteiger charge is -2.36. The zero-order chi connectivity index (χ0) is 18.1. The van der Waals surface area contributed by atoms with Crippen LogP contribution in [0.1, 0.15) is 63.0 Å². The summed E-state index contributed by atoms with van der Waals surface area (Å²) in [5.74, 6) is 0.256. The van der Waals surface area contributed by atoms with Gasteiger partial charge in [-0.3, -0.25) is 14.7 Å². The number of aliphatic hydroxyl groups is 1. The van der Waals surface area contributed by atoms with Crippen molar-refractivity contribution in [3.63, 3.8) is 0 Å². The minimum atomic E-state index is -0.804. The second-order valence-corrected chi connectivity index (χ2v) is 7.79. The number of carbonyl (C=O) groups excluding carboxylic acids is 1. The first-order chi connectivity index (χ1) is 12.5. The molecule has 0 bridgehead atoms. The maximum Gasteiger partial charge on any atom is 0.272 e. The van der Waals surface area contributed by atoms with Crippen molar-refractivity contribution in [1.82, 2.24) is 19.5 Å². The Morgan fingerprint density at radius 3 is 2.73 bits per heavy atom. The van der Waals surface area contributed by atoms with E-state index in [1.165, 1.54) is 4.52 Å². The number of hydrogen-bond donors (Lipinski definition) is 2. The lowest BCUT2D eigenvalue weighted by Crippen LogP contribution is -2.43. The van der Waals surface area contributed by atoms with E-state index in [1.807, 2.05) is 4.90 Å². The molecule has 1 amide bonds. The SMILES string of the molecule is O=C(CC1(O)CCCCC1)N1CCC(c2cc(=O)n3[nH]ccc3n2)CC1. The van der Waals surface area contributed by atoms with Crippen molar-refractivity contribution in [2.24, 2.45) is 0 Å². The molecule has 2 N–H and O–H groups in total. The summed E-state index contributed by atoms with van der Waals surface area (Å²) in [7, 11) is 0. The van der Waals surface area contributed by atoms with Gasteiger partial charge in [0.25, 0.3) is 5.56 Å². The third kappa shape index (κ3) is 3.40. The highest BCUT2D eigenvalue weighted by atomic mass is 16.3. The zero-order valence-corrected chi connectivity index (χ0v) is 15.0. The molecule has 3 heterocycles. The minimum Gasteiger partial charge on any atom is -0.389 e. The molecule has 1 saturated carbocycles. The van der Waals surface area contributed by atoms with Crippen LogP contribution in [0.5, 0.6) is 0 Å². The van der Waals surface area contributed by atoms with Crippen molar-refractivity contribution in [3.05, 3.63) is 34.4 Å². The normalized spacial score (nSPS) is 21.2. The average molecular weight is 358 g/mol. The number of piperidine rings is 1.